The summed E-state index contributed by atoms with van der Waals surface area (Å²) in [5.74, 6) is -1.87. The van der Waals surface area contributed by atoms with Gasteiger partial charge in [0.1, 0.15) is 5.82 Å². The molecule has 0 atom stereocenters. The molecule has 0 fully saturated rings. The van der Waals surface area contributed by atoms with Crippen LogP contribution in [0.3, 0.4) is 0 Å². The van der Waals surface area contributed by atoms with Gasteiger partial charge >= 0.3 is 5.97 Å². The van der Waals surface area contributed by atoms with Gasteiger partial charge in [-0.1, -0.05) is 5.16 Å². The maximum absolute atomic E-state index is 11.8. The number of hydrogen-bond donors (Lipinski definition) is 2. The zero-order valence-corrected chi connectivity index (χ0v) is 10.3. The second-order valence-electron chi connectivity index (χ2n) is 4.01. The zero-order chi connectivity index (χ0) is 14.0. The van der Waals surface area contributed by atoms with E-state index in [0.717, 1.165) is 17.3 Å². The molecule has 7 nitrogen and oxygen atoms in total. The van der Waals surface area contributed by atoms with Crippen molar-refractivity contribution >= 4 is 17.7 Å². The van der Waals surface area contributed by atoms with Crippen molar-refractivity contribution in [3.8, 4) is 0 Å². The van der Waals surface area contributed by atoms with E-state index >= 15 is 0 Å². The van der Waals surface area contributed by atoms with E-state index in [-0.39, 0.29) is 5.69 Å². The fourth-order valence-electron chi connectivity index (χ4n) is 1.57. The molecule has 0 aliphatic heterocycles. The molecular weight excluding hydrogens is 250 g/mol. The molecule has 0 aliphatic rings. The van der Waals surface area contributed by atoms with Gasteiger partial charge < -0.3 is 14.9 Å². The van der Waals surface area contributed by atoms with Crippen LogP contribution in [0.5, 0.6) is 0 Å². The van der Waals surface area contributed by atoms with Crippen LogP contribution in [0, 0.1) is 13.8 Å². The first-order valence-corrected chi connectivity index (χ1v) is 5.42. The number of aromatic carboxylic acids is 1. The third kappa shape index (κ3) is 2.95. The first kappa shape index (κ1) is 12.7. The van der Waals surface area contributed by atoms with Gasteiger partial charge in [-0.2, -0.15) is 0 Å². The summed E-state index contributed by atoms with van der Waals surface area (Å²) in [6, 6.07) is 4.62. The van der Waals surface area contributed by atoms with Gasteiger partial charge in [0.25, 0.3) is 5.91 Å². The van der Waals surface area contributed by atoms with Crippen LogP contribution in [-0.4, -0.2) is 27.1 Å². The van der Waals surface area contributed by atoms with Gasteiger partial charge in [-0.3, -0.25) is 4.79 Å². The van der Waals surface area contributed by atoms with Crippen LogP contribution in [0.15, 0.2) is 22.7 Å². The molecule has 0 spiro atoms. The minimum atomic E-state index is -1.28. The van der Waals surface area contributed by atoms with E-state index in [9.17, 15) is 9.59 Å². The van der Waals surface area contributed by atoms with Crippen molar-refractivity contribution in [3.63, 3.8) is 0 Å². The Morgan fingerprint density at radius 1 is 1.26 bits per heavy atom. The Hall–Kier alpha value is -2.70. The molecule has 2 aromatic rings. The predicted molar refractivity (Wildman–Crippen MR) is 65.1 cm³/mol. The number of nitrogens with one attached hydrogen (secondary N) is 1. The molecule has 0 saturated heterocycles. The number of carbonyl (C=O) groups is 2. The van der Waals surface area contributed by atoms with E-state index < -0.39 is 17.6 Å². The van der Waals surface area contributed by atoms with Crippen LogP contribution in [0.25, 0.3) is 0 Å². The summed E-state index contributed by atoms with van der Waals surface area (Å²) in [7, 11) is 0. The first-order valence-electron chi connectivity index (χ1n) is 5.42. The molecule has 0 aromatic carbocycles. The number of rotatable bonds is 3. The van der Waals surface area contributed by atoms with Gasteiger partial charge in [-0.25, -0.2) is 9.78 Å². The Kier molecular flexibility index (Phi) is 3.28. The first-order chi connectivity index (χ1) is 8.95. The Morgan fingerprint density at radius 3 is 2.58 bits per heavy atom. The average molecular weight is 261 g/mol. The molecule has 0 unspecified atom stereocenters. The van der Waals surface area contributed by atoms with Crippen LogP contribution < -0.4 is 5.32 Å². The number of nitrogens with zero attached hydrogens (tertiary/aromatic N) is 2. The summed E-state index contributed by atoms with van der Waals surface area (Å²) in [5, 5.41) is 14.6. The summed E-state index contributed by atoms with van der Waals surface area (Å²) >= 11 is 0. The number of hydrogen-bond acceptors (Lipinski definition) is 5. The number of carboxylic acids is 1. The topological polar surface area (TPSA) is 105 Å². The highest BCUT2D eigenvalue weighted by molar-refractivity contribution is 6.03. The number of carboxylic acid groups (broad SMARTS) is 1. The van der Waals surface area contributed by atoms with Gasteiger partial charge in [0.2, 0.25) is 5.76 Å². The fourth-order valence-corrected chi connectivity index (χ4v) is 1.57. The number of aryl methyl sites for hydroxylation is 2. The summed E-state index contributed by atoms with van der Waals surface area (Å²) in [4.78, 5) is 26.5. The molecule has 0 bridgehead atoms. The zero-order valence-electron chi connectivity index (χ0n) is 10.3. The van der Waals surface area contributed by atoms with Crippen molar-refractivity contribution in [1.29, 1.82) is 0 Å². The molecule has 98 valence electrons. The Bertz CT molecular complexity index is 628. The monoisotopic (exact) mass is 261 g/mol. The maximum atomic E-state index is 11.8. The largest absolute Gasteiger partial charge is 0.475 e. The lowest BCUT2D eigenvalue weighted by atomic mass is 10.2. The van der Waals surface area contributed by atoms with Crippen LogP contribution >= 0.6 is 0 Å². The van der Waals surface area contributed by atoms with Gasteiger partial charge in [0.05, 0.1) is 0 Å². The minimum absolute atomic E-state index is 0.113. The number of pyridine rings is 1. The van der Waals surface area contributed by atoms with E-state index in [2.05, 4.69) is 20.0 Å². The lowest BCUT2D eigenvalue weighted by Gasteiger charge is -2.04. The van der Waals surface area contributed by atoms with Gasteiger partial charge in [-0.05, 0) is 31.5 Å². The SMILES string of the molecule is Cc1cc(C)nc(NC(=O)c2cc(C(=O)O)on2)c1. The minimum Gasteiger partial charge on any atom is -0.475 e. The second kappa shape index (κ2) is 4.89. The highest BCUT2D eigenvalue weighted by Gasteiger charge is 2.17. The van der Waals surface area contributed by atoms with Crippen molar-refractivity contribution in [2.75, 3.05) is 5.32 Å². The van der Waals surface area contributed by atoms with Gasteiger partial charge in [-0.15, -0.1) is 0 Å². The van der Waals surface area contributed by atoms with Crippen LogP contribution in [-0.2, 0) is 0 Å². The lowest BCUT2D eigenvalue weighted by molar-refractivity contribution is 0.0651. The summed E-state index contributed by atoms with van der Waals surface area (Å²) in [6.07, 6.45) is 0. The molecule has 7 heteroatoms. The highest BCUT2D eigenvalue weighted by atomic mass is 16.5. The molecule has 2 N–H and O–H groups in total. The molecule has 2 heterocycles. The van der Waals surface area contributed by atoms with E-state index in [4.69, 9.17) is 5.11 Å². The van der Waals surface area contributed by atoms with Crippen molar-refractivity contribution < 1.29 is 19.2 Å². The van der Waals surface area contributed by atoms with Crippen LogP contribution in [0.2, 0.25) is 0 Å². The van der Waals surface area contributed by atoms with Crippen molar-refractivity contribution in [3.05, 3.63) is 40.9 Å². The van der Waals surface area contributed by atoms with Gasteiger partial charge in [0, 0.05) is 11.8 Å². The van der Waals surface area contributed by atoms with E-state index in [0.29, 0.717) is 5.82 Å². The summed E-state index contributed by atoms with van der Waals surface area (Å²) in [6.45, 7) is 3.68. The standard InChI is InChI=1S/C12H11N3O4/c1-6-3-7(2)13-10(4-6)14-11(16)8-5-9(12(17)18)19-15-8/h3-5H,1-2H3,(H,17,18)(H,13,14,16). The third-order valence-electron chi connectivity index (χ3n) is 2.29. The van der Waals surface area contributed by atoms with E-state index in [1.54, 1.807) is 13.0 Å². The molecule has 2 rings (SSSR count). The fraction of sp³-hybridized carbons (Fsp3) is 0.167. The van der Waals surface area contributed by atoms with Crippen molar-refractivity contribution in [2.24, 2.45) is 0 Å². The van der Waals surface area contributed by atoms with Crippen LogP contribution in [0.4, 0.5) is 5.82 Å². The maximum Gasteiger partial charge on any atom is 0.374 e. The normalized spacial score (nSPS) is 10.2. The average Bonchev–Trinajstić information content (AvgIpc) is 2.76. The Balaban J connectivity index is 2.18. The summed E-state index contributed by atoms with van der Waals surface area (Å²) in [5.41, 5.74) is 1.61. The molecule has 1 amide bonds. The molecular formula is C12H11N3O4. The Morgan fingerprint density at radius 2 is 2.00 bits per heavy atom. The smallest absolute Gasteiger partial charge is 0.374 e. The number of amides is 1. The number of aromatic nitrogens is 2. The highest BCUT2D eigenvalue weighted by Crippen LogP contribution is 2.11. The third-order valence-corrected chi connectivity index (χ3v) is 2.29. The van der Waals surface area contributed by atoms with Gasteiger partial charge in [0.15, 0.2) is 5.69 Å². The predicted octanol–water partition coefficient (Wildman–Crippen LogP) is 1.64. The molecule has 0 radical (unpaired) electrons. The number of anilines is 1. The van der Waals surface area contributed by atoms with E-state index in [1.807, 2.05) is 13.0 Å². The number of carbonyl (C=O) groups excluding carboxylic acids is 1. The Labute approximate surface area is 108 Å². The molecule has 2 aromatic heterocycles. The van der Waals surface area contributed by atoms with Crippen LogP contribution in [0.1, 0.15) is 32.3 Å². The lowest BCUT2D eigenvalue weighted by Crippen LogP contribution is -2.13. The molecule has 0 aliphatic carbocycles. The quantitative estimate of drug-likeness (QED) is 0.870. The van der Waals surface area contributed by atoms with Crippen molar-refractivity contribution in [1.82, 2.24) is 10.1 Å². The molecule has 19 heavy (non-hydrogen) atoms. The molecule has 0 saturated carbocycles. The second-order valence-corrected chi connectivity index (χ2v) is 4.01. The summed E-state index contributed by atoms with van der Waals surface area (Å²) < 4.78 is 4.50. The van der Waals surface area contributed by atoms with Crippen molar-refractivity contribution in [2.45, 2.75) is 13.8 Å². The van der Waals surface area contributed by atoms with E-state index in [1.165, 1.54) is 0 Å².